The van der Waals surface area contributed by atoms with Gasteiger partial charge in [-0.05, 0) is 133 Å². The van der Waals surface area contributed by atoms with Gasteiger partial charge < -0.3 is 36.3 Å². The van der Waals surface area contributed by atoms with Crippen molar-refractivity contribution in [1.29, 1.82) is 0 Å². The smallest absolute Gasteiger partial charge is 0.268 e. The number of aliphatic hydroxyl groups is 2. The molecule has 0 unspecified atom stereocenters. The van der Waals surface area contributed by atoms with E-state index in [1.165, 1.54) is 0 Å². The lowest BCUT2D eigenvalue weighted by molar-refractivity contribution is -0.0789. The van der Waals surface area contributed by atoms with E-state index in [-0.39, 0.29) is 60.7 Å². The molecule has 1 saturated carbocycles. The van der Waals surface area contributed by atoms with Gasteiger partial charge in [0.25, 0.3) is 10.1 Å². The number of guanidine groups is 1. The molecule has 68 heavy (non-hydrogen) atoms. The van der Waals surface area contributed by atoms with Crippen molar-refractivity contribution in [3.63, 3.8) is 0 Å². The van der Waals surface area contributed by atoms with E-state index < -0.39 is 50.7 Å². The highest BCUT2D eigenvalue weighted by Gasteiger charge is 2.51. The van der Waals surface area contributed by atoms with Gasteiger partial charge in [-0.2, -0.15) is 8.42 Å². The number of aliphatic hydroxyl groups excluding tert-OH is 1. The maximum atomic E-state index is 14.3. The molecule has 4 aromatic rings. The molecule has 3 aliphatic carbocycles. The zero-order valence-corrected chi connectivity index (χ0v) is 39.7. The molecule has 11 atom stereocenters. The third kappa shape index (κ3) is 9.09. The van der Waals surface area contributed by atoms with Crippen molar-refractivity contribution in [2.24, 2.45) is 46.0 Å². The summed E-state index contributed by atoms with van der Waals surface area (Å²) in [6.45, 7) is 2.02. The van der Waals surface area contributed by atoms with Gasteiger partial charge in [-0.3, -0.25) is 4.55 Å². The lowest BCUT2D eigenvalue weighted by Crippen LogP contribution is -2.47. The van der Waals surface area contributed by atoms with Gasteiger partial charge >= 0.3 is 0 Å². The molecule has 8 N–H and O–H groups in total. The van der Waals surface area contributed by atoms with Crippen LogP contribution in [0.2, 0.25) is 0 Å². The Morgan fingerprint density at radius 3 is 2.46 bits per heavy atom. The number of aliphatic imine (C=N–C) groups is 1. The normalized spacial score (nSPS) is 30.9. The van der Waals surface area contributed by atoms with Crippen molar-refractivity contribution in [1.82, 2.24) is 0 Å². The number of phenolic OH excluding ortho intramolecular Hbond substituents is 1. The summed E-state index contributed by atoms with van der Waals surface area (Å²) in [4.78, 5) is 5.05. The zero-order chi connectivity index (χ0) is 47.4. The molecule has 8 aliphatic rings. The summed E-state index contributed by atoms with van der Waals surface area (Å²) in [6.07, 6.45) is 9.30. The quantitative estimate of drug-likeness (QED) is 0.0327. The Morgan fingerprint density at radius 1 is 0.956 bits per heavy atom. The van der Waals surface area contributed by atoms with Crippen molar-refractivity contribution in [3.05, 3.63) is 142 Å². The van der Waals surface area contributed by atoms with Crippen LogP contribution in [0.5, 0.6) is 11.5 Å². The molecule has 358 valence electrons. The van der Waals surface area contributed by atoms with Crippen LogP contribution in [0.4, 0.5) is 0 Å². The van der Waals surface area contributed by atoms with Gasteiger partial charge in [-0.1, -0.05) is 111 Å². The number of ether oxygens (including phenoxy) is 2. The predicted molar refractivity (Wildman–Crippen MR) is 262 cm³/mol. The molecule has 1 saturated heterocycles. The molecule has 2 fully saturated rings. The summed E-state index contributed by atoms with van der Waals surface area (Å²) >= 11 is 0. The lowest BCUT2D eigenvalue weighted by atomic mass is 9.64. The third-order valence-electron chi connectivity index (χ3n) is 16.7. The molecular formula is C56H65N3O8S. The van der Waals surface area contributed by atoms with E-state index in [1.54, 1.807) is 12.1 Å². The summed E-state index contributed by atoms with van der Waals surface area (Å²) in [6, 6.07) is 29.4. The first-order valence-corrected chi connectivity index (χ1v) is 26.2. The highest BCUT2D eigenvalue weighted by atomic mass is 32.2. The predicted octanol–water partition coefficient (Wildman–Crippen LogP) is 8.71. The fourth-order valence-corrected chi connectivity index (χ4v) is 14.4. The first kappa shape index (κ1) is 46.6. The van der Waals surface area contributed by atoms with Gasteiger partial charge in [-0.25, -0.2) is 4.99 Å². The topological polar surface area (TPSA) is 198 Å². The van der Waals surface area contributed by atoms with Crippen molar-refractivity contribution in [2.75, 3.05) is 6.61 Å². The number of hydrogen-bond acceptors (Lipinski definition) is 8. The molecular weight excluding hydrogens is 875 g/mol. The molecule has 0 amide bonds. The van der Waals surface area contributed by atoms with Gasteiger partial charge in [-0.15, -0.1) is 0 Å². The van der Waals surface area contributed by atoms with Gasteiger partial charge in [0.2, 0.25) is 5.72 Å². The largest absolute Gasteiger partial charge is 0.508 e. The average molecular weight is 940 g/mol. The van der Waals surface area contributed by atoms with Crippen molar-refractivity contribution in [3.8, 4) is 23.3 Å². The first-order valence-electron chi connectivity index (χ1n) is 24.7. The SMILES string of the molecule is C[C@H]1CCc2cc3ccc2[C@H]1C[C@@H](S(=O)(=O)O)[C@@H]1C=C2C[C@H](C[C@@H]4O[C@H]2c2ccc(O)cc2C#CC[C@@H]4CO)[C@@H]1c1ccc(cc1)[C@@](C[C@H](Cc1ccccc1)C1(O)CCCCC1)(N=C(N)N)O3. The summed E-state index contributed by atoms with van der Waals surface area (Å²) in [7, 11) is -4.66. The van der Waals surface area contributed by atoms with E-state index in [1.807, 2.05) is 60.7 Å². The van der Waals surface area contributed by atoms with Gasteiger partial charge in [0, 0.05) is 48.0 Å². The maximum absolute atomic E-state index is 14.3. The van der Waals surface area contributed by atoms with Crippen LogP contribution < -0.4 is 16.2 Å². The van der Waals surface area contributed by atoms with Crippen LogP contribution in [-0.2, 0) is 33.4 Å². The van der Waals surface area contributed by atoms with Crippen molar-refractivity contribution in [2.45, 2.75) is 131 Å². The Labute approximate surface area is 400 Å². The number of phenols is 1. The Kier molecular flexibility index (Phi) is 12.8. The second-order valence-corrected chi connectivity index (χ2v) is 22.5. The van der Waals surface area contributed by atoms with Crippen LogP contribution in [0.25, 0.3) is 0 Å². The Morgan fingerprint density at radius 2 is 1.72 bits per heavy atom. The molecule has 12 rings (SSSR count). The van der Waals surface area contributed by atoms with Gasteiger partial charge in [0.05, 0.1) is 17.0 Å². The molecule has 0 aromatic heterocycles. The van der Waals surface area contributed by atoms with E-state index in [0.717, 1.165) is 65.5 Å². The minimum atomic E-state index is -4.66. The van der Waals surface area contributed by atoms with Crippen LogP contribution in [-0.4, -0.2) is 57.8 Å². The molecule has 0 radical (unpaired) electrons. The summed E-state index contributed by atoms with van der Waals surface area (Å²) in [5.41, 5.74) is 17.4. The van der Waals surface area contributed by atoms with E-state index in [9.17, 15) is 28.3 Å². The monoisotopic (exact) mass is 939 g/mol. The van der Waals surface area contributed by atoms with Crippen LogP contribution >= 0.6 is 0 Å². The van der Waals surface area contributed by atoms with E-state index in [2.05, 4.69) is 43.0 Å². The second kappa shape index (κ2) is 18.6. The number of benzene rings is 4. The molecule has 12 heteroatoms. The summed E-state index contributed by atoms with van der Waals surface area (Å²) < 4.78 is 54.5. The van der Waals surface area contributed by atoms with E-state index >= 15 is 0 Å². The maximum Gasteiger partial charge on any atom is 0.268 e. The highest BCUT2D eigenvalue weighted by Crippen LogP contribution is 2.56. The number of allylic oxidation sites excluding steroid dienone is 1. The Balaban J connectivity index is 1.18. The molecule has 10 bridgehead atoms. The van der Waals surface area contributed by atoms with Crippen LogP contribution in [0.3, 0.4) is 0 Å². The number of aryl methyl sites for hydroxylation is 1. The number of nitrogens with zero attached hydrogens (tertiary/aromatic N) is 1. The molecule has 4 aromatic carbocycles. The number of nitrogens with two attached hydrogens (primary N) is 2. The Bertz CT molecular complexity index is 2740. The number of aromatic hydroxyl groups is 1. The number of rotatable bonds is 8. The van der Waals surface area contributed by atoms with Crippen LogP contribution in [0.15, 0.2) is 108 Å². The standard InChI is InChI=1S/C56H65N3O8S/c1-34-13-14-38-28-45-20-22-46(38)48(34)31-51(68(63,64)65)49-29-41-26-40(30-50-39(33-60)12-8-11-37-27-44(61)19-21-47(37)53(41)66-50)52(49)36-15-17-42(18-16-36)56(67-45,59-54(57)58)32-43(25-35-9-4-2-5-10-35)55(62)23-6-3-7-24-55/h2,4-5,9-10,15-22,27-29,34,39-40,43,48-53,60-62H,3,6-7,12-14,23-26,30-33H2,1H3,(H4,57,58,59)(H,63,64,65)/t34-,39+,40+,43-,48-,49-,50-,51+,52-,53+,56-/m0/s1. The fourth-order valence-electron chi connectivity index (χ4n) is 13.3. The first-order chi connectivity index (χ1) is 32.7. The Hall–Kier alpha value is -5.16. The highest BCUT2D eigenvalue weighted by molar-refractivity contribution is 7.86. The second-order valence-electron chi connectivity index (χ2n) is 20.9. The zero-order valence-electron chi connectivity index (χ0n) is 38.8. The number of fused-ring (bicyclic) bond motifs is 9. The lowest BCUT2D eigenvalue weighted by Gasteiger charge is -2.44. The van der Waals surface area contributed by atoms with Gasteiger partial charge in [0.1, 0.15) is 17.6 Å². The van der Waals surface area contributed by atoms with Crippen LogP contribution in [0, 0.1) is 41.4 Å². The van der Waals surface area contributed by atoms with Crippen molar-refractivity contribution >= 4 is 16.1 Å². The fraction of sp³-hybridized carbons (Fsp3) is 0.482. The average Bonchev–Trinajstić information content (AvgIpc) is 3.40. The summed E-state index contributed by atoms with van der Waals surface area (Å²) in [5.74, 6) is 5.06. The minimum absolute atomic E-state index is 0.0771. The van der Waals surface area contributed by atoms with Crippen LogP contribution in [0.1, 0.15) is 134 Å². The minimum Gasteiger partial charge on any atom is -0.508 e. The van der Waals surface area contributed by atoms with Gasteiger partial charge in [0.15, 0.2) is 5.96 Å². The number of hydrogen-bond donors (Lipinski definition) is 6. The summed E-state index contributed by atoms with van der Waals surface area (Å²) in [5, 5.41) is 33.0. The molecule has 11 nitrogen and oxygen atoms in total. The molecule has 5 aliphatic heterocycles. The van der Waals surface area contributed by atoms with E-state index in [4.69, 9.17) is 25.9 Å². The molecule has 0 spiro atoms. The van der Waals surface area contributed by atoms with E-state index in [0.29, 0.717) is 55.4 Å². The van der Waals surface area contributed by atoms with Crippen molar-refractivity contribution < 1.29 is 37.8 Å². The molecule has 5 heterocycles. The third-order valence-corrected chi connectivity index (χ3v) is 18.0.